The molecule has 1 aromatic carbocycles. The van der Waals surface area contributed by atoms with E-state index in [-0.39, 0.29) is 0 Å². The number of hydrogen-bond acceptors (Lipinski definition) is 3. The molecule has 0 bridgehead atoms. The van der Waals surface area contributed by atoms with Gasteiger partial charge in [0.25, 0.3) is 0 Å². The molecule has 5 nitrogen and oxygen atoms in total. The van der Waals surface area contributed by atoms with E-state index in [1.807, 2.05) is 19.2 Å². The van der Waals surface area contributed by atoms with Gasteiger partial charge in [-0.1, -0.05) is 37.8 Å². The third-order valence-corrected chi connectivity index (χ3v) is 4.72. The minimum Gasteiger partial charge on any atom is -0.491 e. The Balaban J connectivity index is 1.62. The molecule has 0 aromatic heterocycles. The van der Waals surface area contributed by atoms with Crippen molar-refractivity contribution in [3.63, 3.8) is 0 Å². The van der Waals surface area contributed by atoms with Gasteiger partial charge in [0.15, 0.2) is 5.96 Å². The van der Waals surface area contributed by atoms with Crippen LogP contribution in [0.3, 0.4) is 0 Å². The Kier molecular flexibility index (Phi) is 9.19. The second-order valence-electron chi connectivity index (χ2n) is 6.63. The first-order chi connectivity index (χ1) is 12.3. The third-order valence-electron chi connectivity index (χ3n) is 4.72. The monoisotopic (exact) mass is 347 g/mol. The minimum absolute atomic E-state index is 0.575. The summed E-state index contributed by atoms with van der Waals surface area (Å²) in [6.45, 7) is 2.92. The summed E-state index contributed by atoms with van der Waals surface area (Å²) in [7, 11) is 3.49. The summed E-state index contributed by atoms with van der Waals surface area (Å²) < 4.78 is 10.6. The van der Waals surface area contributed by atoms with E-state index in [1.54, 1.807) is 7.11 Å². The van der Waals surface area contributed by atoms with Gasteiger partial charge in [-0.3, -0.25) is 4.99 Å². The van der Waals surface area contributed by atoms with Crippen molar-refractivity contribution in [1.29, 1.82) is 0 Å². The van der Waals surface area contributed by atoms with Crippen molar-refractivity contribution in [2.75, 3.05) is 33.9 Å². The number of benzene rings is 1. The number of aliphatic imine (C=N–C) groups is 1. The molecule has 5 heteroatoms. The average molecular weight is 348 g/mol. The molecule has 0 heterocycles. The van der Waals surface area contributed by atoms with Crippen LogP contribution in [0.4, 0.5) is 0 Å². The van der Waals surface area contributed by atoms with Crippen LogP contribution >= 0.6 is 0 Å². The fraction of sp³-hybridized carbons (Fsp3) is 0.650. The van der Waals surface area contributed by atoms with E-state index in [4.69, 9.17) is 9.47 Å². The molecule has 1 saturated carbocycles. The normalized spacial score (nSPS) is 15.4. The second-order valence-corrected chi connectivity index (χ2v) is 6.63. The van der Waals surface area contributed by atoms with E-state index in [0.29, 0.717) is 13.2 Å². The zero-order chi connectivity index (χ0) is 17.7. The van der Waals surface area contributed by atoms with E-state index >= 15 is 0 Å². The Labute approximate surface area is 152 Å². The van der Waals surface area contributed by atoms with Crippen LogP contribution in [0.15, 0.2) is 29.3 Å². The number of methoxy groups -OCH3 is 1. The summed E-state index contributed by atoms with van der Waals surface area (Å²) in [6.07, 6.45) is 8.28. The SMILES string of the molecule is CN=C(NCCCC1CCCC1)NCc1ccc(OCCOC)cc1. The van der Waals surface area contributed by atoms with E-state index in [1.165, 1.54) is 44.1 Å². The van der Waals surface area contributed by atoms with Gasteiger partial charge >= 0.3 is 0 Å². The molecule has 1 aliphatic carbocycles. The highest BCUT2D eigenvalue weighted by Crippen LogP contribution is 2.28. The van der Waals surface area contributed by atoms with Crippen LogP contribution in [0, 0.1) is 5.92 Å². The van der Waals surface area contributed by atoms with Crippen molar-refractivity contribution in [2.45, 2.75) is 45.1 Å². The Morgan fingerprint density at radius 2 is 1.88 bits per heavy atom. The number of hydrogen-bond donors (Lipinski definition) is 2. The molecule has 1 aliphatic rings. The van der Waals surface area contributed by atoms with Crippen molar-refractivity contribution in [3.8, 4) is 5.75 Å². The summed E-state index contributed by atoms with van der Waals surface area (Å²) >= 11 is 0. The maximum atomic E-state index is 5.57. The molecule has 0 saturated heterocycles. The Morgan fingerprint density at radius 1 is 1.12 bits per heavy atom. The van der Waals surface area contributed by atoms with Crippen LogP contribution in [0.2, 0.25) is 0 Å². The molecule has 2 rings (SSSR count). The van der Waals surface area contributed by atoms with Crippen LogP contribution in [0.25, 0.3) is 0 Å². The van der Waals surface area contributed by atoms with Gasteiger partial charge in [0.1, 0.15) is 12.4 Å². The zero-order valence-corrected chi connectivity index (χ0v) is 15.7. The highest BCUT2D eigenvalue weighted by molar-refractivity contribution is 5.79. The molecular formula is C20H33N3O2. The molecule has 25 heavy (non-hydrogen) atoms. The molecule has 0 amide bonds. The van der Waals surface area contributed by atoms with Gasteiger partial charge in [-0.15, -0.1) is 0 Å². The lowest BCUT2D eigenvalue weighted by Gasteiger charge is -2.13. The predicted octanol–water partition coefficient (Wildman–Crippen LogP) is 3.35. The van der Waals surface area contributed by atoms with Gasteiger partial charge in [0.2, 0.25) is 0 Å². The quantitative estimate of drug-likeness (QED) is 0.387. The topological polar surface area (TPSA) is 54.9 Å². The number of ether oxygens (including phenoxy) is 2. The maximum absolute atomic E-state index is 5.57. The van der Waals surface area contributed by atoms with Crippen LogP contribution in [0.5, 0.6) is 5.75 Å². The van der Waals surface area contributed by atoms with Crippen LogP contribution in [-0.2, 0) is 11.3 Å². The average Bonchev–Trinajstić information content (AvgIpc) is 3.16. The first kappa shape index (κ1) is 19.6. The van der Waals surface area contributed by atoms with E-state index < -0.39 is 0 Å². The molecule has 140 valence electrons. The van der Waals surface area contributed by atoms with Gasteiger partial charge in [0.05, 0.1) is 6.61 Å². The molecule has 0 unspecified atom stereocenters. The maximum Gasteiger partial charge on any atom is 0.191 e. The first-order valence-corrected chi connectivity index (χ1v) is 9.47. The van der Waals surface area contributed by atoms with E-state index in [2.05, 4.69) is 27.8 Å². The fourth-order valence-corrected chi connectivity index (χ4v) is 3.25. The largest absolute Gasteiger partial charge is 0.491 e. The van der Waals surface area contributed by atoms with Gasteiger partial charge in [-0.2, -0.15) is 0 Å². The summed E-state index contributed by atoms with van der Waals surface area (Å²) in [5.41, 5.74) is 1.20. The molecule has 0 radical (unpaired) electrons. The molecule has 1 aromatic rings. The first-order valence-electron chi connectivity index (χ1n) is 9.47. The molecule has 0 spiro atoms. The van der Waals surface area contributed by atoms with Gasteiger partial charge < -0.3 is 20.1 Å². The molecule has 2 N–H and O–H groups in total. The Hall–Kier alpha value is -1.75. The molecule has 0 atom stereocenters. The van der Waals surface area contributed by atoms with Crippen molar-refractivity contribution in [1.82, 2.24) is 10.6 Å². The highest BCUT2D eigenvalue weighted by Gasteiger charge is 2.13. The lowest BCUT2D eigenvalue weighted by molar-refractivity contribution is 0.146. The van der Waals surface area contributed by atoms with Crippen molar-refractivity contribution in [3.05, 3.63) is 29.8 Å². The van der Waals surface area contributed by atoms with Crippen molar-refractivity contribution < 1.29 is 9.47 Å². The number of nitrogens with zero attached hydrogens (tertiary/aromatic N) is 1. The van der Waals surface area contributed by atoms with Crippen LogP contribution in [0.1, 0.15) is 44.1 Å². The van der Waals surface area contributed by atoms with Crippen LogP contribution < -0.4 is 15.4 Å². The number of guanidine groups is 1. The van der Waals surface area contributed by atoms with Gasteiger partial charge in [-0.05, 0) is 36.5 Å². The van der Waals surface area contributed by atoms with Crippen LogP contribution in [-0.4, -0.2) is 39.9 Å². The summed E-state index contributed by atoms with van der Waals surface area (Å²) in [4.78, 5) is 4.30. The van der Waals surface area contributed by atoms with Crippen molar-refractivity contribution >= 4 is 5.96 Å². The fourth-order valence-electron chi connectivity index (χ4n) is 3.25. The minimum atomic E-state index is 0.575. The molecule has 1 fully saturated rings. The second kappa shape index (κ2) is 11.7. The van der Waals surface area contributed by atoms with E-state index in [9.17, 15) is 0 Å². The number of nitrogens with one attached hydrogen (secondary N) is 2. The molecular weight excluding hydrogens is 314 g/mol. The predicted molar refractivity (Wildman–Crippen MR) is 103 cm³/mol. The summed E-state index contributed by atoms with van der Waals surface area (Å²) in [5, 5.41) is 6.77. The Morgan fingerprint density at radius 3 is 2.56 bits per heavy atom. The number of rotatable bonds is 10. The third kappa shape index (κ3) is 7.78. The standard InChI is InChI=1S/C20H33N3O2/c1-21-20(22-13-5-8-17-6-3-4-7-17)23-16-18-9-11-19(12-10-18)25-15-14-24-2/h9-12,17H,3-8,13-16H2,1-2H3,(H2,21,22,23). The highest BCUT2D eigenvalue weighted by atomic mass is 16.5. The van der Waals surface area contributed by atoms with Gasteiger partial charge in [-0.25, -0.2) is 0 Å². The Bertz CT molecular complexity index is 496. The van der Waals surface area contributed by atoms with Gasteiger partial charge in [0, 0.05) is 27.2 Å². The summed E-state index contributed by atoms with van der Waals surface area (Å²) in [5.74, 6) is 2.70. The van der Waals surface area contributed by atoms with Crippen molar-refractivity contribution in [2.24, 2.45) is 10.9 Å². The molecule has 0 aliphatic heterocycles. The summed E-state index contributed by atoms with van der Waals surface area (Å²) in [6, 6.07) is 8.12. The lowest BCUT2D eigenvalue weighted by Crippen LogP contribution is -2.37. The zero-order valence-electron chi connectivity index (χ0n) is 15.7. The lowest BCUT2D eigenvalue weighted by atomic mass is 10.0. The van der Waals surface area contributed by atoms with E-state index in [0.717, 1.165) is 30.7 Å². The smallest absolute Gasteiger partial charge is 0.191 e.